The van der Waals surface area contributed by atoms with E-state index >= 15 is 0 Å². The second-order valence-corrected chi connectivity index (χ2v) is 7.72. The summed E-state index contributed by atoms with van der Waals surface area (Å²) in [6.45, 7) is 6.07. The fourth-order valence-electron chi connectivity index (χ4n) is 3.71. The zero-order valence-electron chi connectivity index (χ0n) is 17.9. The Hall–Kier alpha value is -3.96. The van der Waals surface area contributed by atoms with Crippen LogP contribution in [0.4, 0.5) is 5.95 Å². The molecule has 4 aromatic rings. The number of tetrazole rings is 1. The Labute approximate surface area is 184 Å². The summed E-state index contributed by atoms with van der Waals surface area (Å²) in [6.07, 6.45) is 6.75. The molecular formula is C20H23N11O. The largest absolute Gasteiger partial charge is 0.486 e. The molecule has 0 radical (unpaired) electrons. The molecule has 0 unspecified atom stereocenters. The minimum absolute atomic E-state index is 0.253. The molecule has 5 rings (SSSR count). The molecular weight excluding hydrogens is 410 g/mol. The van der Waals surface area contributed by atoms with Gasteiger partial charge in [0.25, 0.3) is 0 Å². The second kappa shape index (κ2) is 8.65. The number of rotatable bonds is 6. The minimum atomic E-state index is 0.253. The standard InChI is InChI=1S/C20H23N11O/c1-14-9-15(2)25-20(24-14)29-7-5-17(6-8-29)31-23-10-16(26-31)12-32-18-3-4-19(21-11-18)30-13-22-27-28-30/h3-4,9-11,13,17H,5-8,12H2,1-2H3. The number of pyridine rings is 1. The Morgan fingerprint density at radius 1 is 1.06 bits per heavy atom. The van der Waals surface area contributed by atoms with Gasteiger partial charge in [0.15, 0.2) is 5.82 Å². The highest BCUT2D eigenvalue weighted by Crippen LogP contribution is 2.24. The lowest BCUT2D eigenvalue weighted by Gasteiger charge is -2.31. The SMILES string of the molecule is Cc1cc(C)nc(N2CCC(n3ncc(COc4ccc(-n5cnnn5)nc4)n3)CC2)n1. The van der Waals surface area contributed by atoms with Gasteiger partial charge in [-0.2, -0.15) is 19.7 Å². The smallest absolute Gasteiger partial charge is 0.225 e. The fourth-order valence-corrected chi connectivity index (χ4v) is 3.71. The number of hydrogen-bond donors (Lipinski definition) is 0. The Kier molecular flexibility index (Phi) is 5.40. The topological polar surface area (TPSA) is 125 Å². The number of aromatic nitrogens is 10. The second-order valence-electron chi connectivity index (χ2n) is 7.72. The van der Waals surface area contributed by atoms with Crippen LogP contribution in [0.1, 0.15) is 36.0 Å². The van der Waals surface area contributed by atoms with Crippen molar-refractivity contribution in [2.24, 2.45) is 0 Å². The average molecular weight is 433 g/mol. The van der Waals surface area contributed by atoms with E-state index in [-0.39, 0.29) is 6.04 Å². The number of anilines is 1. The lowest BCUT2D eigenvalue weighted by atomic mass is 10.1. The van der Waals surface area contributed by atoms with Crippen LogP contribution in [0.5, 0.6) is 5.75 Å². The third-order valence-electron chi connectivity index (χ3n) is 5.29. The van der Waals surface area contributed by atoms with E-state index in [4.69, 9.17) is 4.74 Å². The van der Waals surface area contributed by atoms with E-state index in [9.17, 15) is 0 Å². The van der Waals surface area contributed by atoms with Crippen LogP contribution < -0.4 is 9.64 Å². The quantitative estimate of drug-likeness (QED) is 0.441. The molecule has 4 aromatic heterocycles. The van der Waals surface area contributed by atoms with Crippen LogP contribution in [0.25, 0.3) is 5.82 Å². The molecule has 0 bridgehead atoms. The van der Waals surface area contributed by atoms with Gasteiger partial charge in [0.1, 0.15) is 24.4 Å². The zero-order chi connectivity index (χ0) is 21.9. The zero-order valence-corrected chi connectivity index (χ0v) is 17.9. The molecule has 1 saturated heterocycles. The molecule has 0 amide bonds. The van der Waals surface area contributed by atoms with Crippen LogP contribution in [0.15, 0.2) is 36.9 Å². The molecule has 12 heteroatoms. The summed E-state index contributed by atoms with van der Waals surface area (Å²) < 4.78 is 7.28. The Bertz CT molecular complexity index is 1140. The van der Waals surface area contributed by atoms with Crippen molar-refractivity contribution in [2.75, 3.05) is 18.0 Å². The highest BCUT2D eigenvalue weighted by Gasteiger charge is 2.24. The van der Waals surface area contributed by atoms with Gasteiger partial charge in [-0.05, 0) is 55.3 Å². The first-order chi connectivity index (χ1) is 15.6. The van der Waals surface area contributed by atoms with Crippen LogP contribution in [-0.2, 0) is 6.61 Å². The van der Waals surface area contributed by atoms with Crippen molar-refractivity contribution >= 4 is 5.95 Å². The summed E-state index contributed by atoms with van der Waals surface area (Å²) in [5.41, 5.74) is 2.76. The van der Waals surface area contributed by atoms with Crippen molar-refractivity contribution in [2.45, 2.75) is 39.3 Å². The van der Waals surface area contributed by atoms with Gasteiger partial charge in [0.2, 0.25) is 5.95 Å². The summed E-state index contributed by atoms with van der Waals surface area (Å²) in [6, 6.07) is 5.85. The molecule has 164 valence electrons. The van der Waals surface area contributed by atoms with Crippen molar-refractivity contribution in [3.63, 3.8) is 0 Å². The first-order valence-corrected chi connectivity index (χ1v) is 10.4. The van der Waals surface area contributed by atoms with Crippen molar-refractivity contribution in [3.8, 4) is 11.6 Å². The van der Waals surface area contributed by atoms with E-state index in [1.165, 1.54) is 11.0 Å². The lowest BCUT2D eigenvalue weighted by Crippen LogP contribution is -2.36. The number of nitrogens with zero attached hydrogens (tertiary/aromatic N) is 11. The Morgan fingerprint density at radius 2 is 1.88 bits per heavy atom. The predicted octanol–water partition coefficient (Wildman–Crippen LogP) is 1.48. The van der Waals surface area contributed by atoms with Gasteiger partial charge in [0.05, 0.1) is 18.4 Å². The van der Waals surface area contributed by atoms with Gasteiger partial charge < -0.3 is 9.64 Å². The fraction of sp³-hybridized carbons (Fsp3) is 0.400. The van der Waals surface area contributed by atoms with E-state index in [2.05, 4.69) is 45.6 Å². The maximum absolute atomic E-state index is 5.80. The number of piperidine rings is 1. The maximum atomic E-state index is 5.80. The molecule has 5 heterocycles. The van der Waals surface area contributed by atoms with Crippen LogP contribution in [0, 0.1) is 13.8 Å². The van der Waals surface area contributed by atoms with Crippen molar-refractivity contribution in [1.29, 1.82) is 0 Å². The highest BCUT2D eigenvalue weighted by molar-refractivity contribution is 5.32. The van der Waals surface area contributed by atoms with Gasteiger partial charge >= 0.3 is 0 Å². The maximum Gasteiger partial charge on any atom is 0.225 e. The third-order valence-corrected chi connectivity index (χ3v) is 5.29. The molecule has 0 aliphatic carbocycles. The molecule has 1 aliphatic rings. The summed E-state index contributed by atoms with van der Waals surface area (Å²) in [4.78, 5) is 17.5. The van der Waals surface area contributed by atoms with Gasteiger partial charge in [-0.3, -0.25) is 0 Å². The molecule has 12 nitrogen and oxygen atoms in total. The molecule has 1 aliphatic heterocycles. The van der Waals surface area contributed by atoms with Crippen molar-refractivity contribution in [1.82, 2.24) is 50.2 Å². The van der Waals surface area contributed by atoms with Crippen LogP contribution in [0.3, 0.4) is 0 Å². The highest BCUT2D eigenvalue weighted by atomic mass is 16.5. The van der Waals surface area contributed by atoms with Crippen LogP contribution in [-0.4, -0.2) is 63.2 Å². The molecule has 0 aromatic carbocycles. The average Bonchev–Trinajstić information content (AvgIpc) is 3.50. The van der Waals surface area contributed by atoms with E-state index in [0.717, 1.165) is 49.0 Å². The molecule has 32 heavy (non-hydrogen) atoms. The normalized spacial score (nSPS) is 14.6. The molecule has 0 spiro atoms. The minimum Gasteiger partial charge on any atom is -0.486 e. The van der Waals surface area contributed by atoms with Gasteiger partial charge in [0, 0.05) is 24.5 Å². The number of hydrogen-bond acceptors (Lipinski definition) is 10. The summed E-state index contributed by atoms with van der Waals surface area (Å²) in [5, 5.41) is 20.1. The molecule has 1 fully saturated rings. The van der Waals surface area contributed by atoms with E-state index in [1.54, 1.807) is 23.3 Å². The summed E-state index contributed by atoms with van der Waals surface area (Å²) >= 11 is 0. The summed E-state index contributed by atoms with van der Waals surface area (Å²) in [7, 11) is 0. The van der Waals surface area contributed by atoms with Gasteiger partial charge in [-0.1, -0.05) is 0 Å². The monoisotopic (exact) mass is 433 g/mol. The number of aryl methyl sites for hydroxylation is 2. The molecule has 0 saturated carbocycles. The van der Waals surface area contributed by atoms with Gasteiger partial charge in [-0.15, -0.1) is 5.10 Å². The van der Waals surface area contributed by atoms with Crippen LogP contribution >= 0.6 is 0 Å². The van der Waals surface area contributed by atoms with Crippen molar-refractivity contribution < 1.29 is 4.74 Å². The van der Waals surface area contributed by atoms with Crippen LogP contribution in [0.2, 0.25) is 0 Å². The van der Waals surface area contributed by atoms with E-state index in [0.29, 0.717) is 18.2 Å². The molecule has 0 atom stereocenters. The van der Waals surface area contributed by atoms with Crippen molar-refractivity contribution in [3.05, 3.63) is 54.0 Å². The Morgan fingerprint density at radius 3 is 2.56 bits per heavy atom. The van der Waals surface area contributed by atoms with E-state index in [1.807, 2.05) is 26.0 Å². The summed E-state index contributed by atoms with van der Waals surface area (Å²) in [5.74, 6) is 2.06. The number of ether oxygens (including phenoxy) is 1. The third kappa shape index (κ3) is 4.38. The van der Waals surface area contributed by atoms with Gasteiger partial charge in [-0.25, -0.2) is 15.0 Å². The predicted molar refractivity (Wildman–Crippen MR) is 113 cm³/mol. The molecule has 0 N–H and O–H groups in total. The Balaban J connectivity index is 1.15. The first-order valence-electron chi connectivity index (χ1n) is 10.4. The first kappa shape index (κ1) is 20.0. The van der Waals surface area contributed by atoms with E-state index < -0.39 is 0 Å². The lowest BCUT2D eigenvalue weighted by molar-refractivity contribution is 0.290.